The number of hydrogen-bond acceptors (Lipinski definition) is 3. The number of hydrogen-bond donors (Lipinski definition) is 2. The molecular formula is C54H100N2O3. The molecule has 344 valence electrons. The first-order chi connectivity index (χ1) is 29.1. The molecule has 5 heteroatoms. The summed E-state index contributed by atoms with van der Waals surface area (Å²) in [6.45, 7) is 8.78. The van der Waals surface area contributed by atoms with E-state index < -0.39 is 0 Å². The van der Waals surface area contributed by atoms with Crippen molar-refractivity contribution in [1.82, 2.24) is 10.6 Å². The predicted octanol–water partition coefficient (Wildman–Crippen LogP) is 17.2. The Balaban J connectivity index is 2.37. The van der Waals surface area contributed by atoms with E-state index in [0.29, 0.717) is 36.6 Å². The molecule has 1 rings (SSSR count). The Labute approximate surface area is 367 Å². The summed E-state index contributed by atoms with van der Waals surface area (Å²) in [6, 6.07) is 5.37. The summed E-state index contributed by atoms with van der Waals surface area (Å²) in [5.74, 6) is 0.358. The third-order valence-corrected chi connectivity index (χ3v) is 12.4. The van der Waals surface area contributed by atoms with Crippen LogP contribution in [0.15, 0.2) is 18.2 Å². The minimum absolute atomic E-state index is 0.0797. The van der Waals surface area contributed by atoms with Gasteiger partial charge in [0, 0.05) is 18.7 Å². The van der Waals surface area contributed by atoms with Crippen LogP contribution < -0.4 is 15.4 Å². The zero-order valence-electron chi connectivity index (χ0n) is 39.9. The van der Waals surface area contributed by atoms with E-state index in [9.17, 15) is 9.59 Å². The number of carbonyl (C=O) groups is 2. The summed E-state index contributed by atoms with van der Waals surface area (Å²) in [4.78, 5) is 26.5. The van der Waals surface area contributed by atoms with Crippen molar-refractivity contribution in [2.75, 3.05) is 19.7 Å². The second-order valence-corrected chi connectivity index (χ2v) is 18.2. The molecule has 5 nitrogen and oxygen atoms in total. The van der Waals surface area contributed by atoms with Gasteiger partial charge in [-0.25, -0.2) is 0 Å². The van der Waals surface area contributed by atoms with Crippen LogP contribution in [0.1, 0.15) is 298 Å². The van der Waals surface area contributed by atoms with Gasteiger partial charge in [0.05, 0.1) is 12.2 Å². The minimum atomic E-state index is -0.0989. The molecular weight excluding hydrogens is 725 g/mol. The van der Waals surface area contributed by atoms with E-state index in [4.69, 9.17) is 4.74 Å². The molecule has 0 spiro atoms. The van der Waals surface area contributed by atoms with Crippen molar-refractivity contribution < 1.29 is 14.3 Å². The lowest BCUT2D eigenvalue weighted by atomic mass is 10.0. The van der Waals surface area contributed by atoms with Gasteiger partial charge in [-0.3, -0.25) is 9.59 Å². The molecule has 0 aliphatic rings. The molecule has 59 heavy (non-hydrogen) atoms. The van der Waals surface area contributed by atoms with Crippen LogP contribution in [0.2, 0.25) is 0 Å². The Morgan fingerprint density at radius 2 is 0.661 bits per heavy atom. The topological polar surface area (TPSA) is 67.4 Å². The number of carbonyl (C=O) groups excluding carboxylic acids is 2. The van der Waals surface area contributed by atoms with E-state index in [1.54, 1.807) is 18.2 Å². The van der Waals surface area contributed by atoms with Crippen LogP contribution in [0, 0.1) is 0 Å². The van der Waals surface area contributed by atoms with Gasteiger partial charge in [0.15, 0.2) is 0 Å². The molecule has 0 saturated heterocycles. The van der Waals surface area contributed by atoms with E-state index in [1.165, 1.54) is 218 Å². The summed E-state index contributed by atoms with van der Waals surface area (Å²) in [5, 5.41) is 6.27. The van der Waals surface area contributed by atoms with Crippen molar-refractivity contribution in [3.8, 4) is 5.75 Å². The summed E-state index contributed by atoms with van der Waals surface area (Å²) in [5.41, 5.74) is 1.11. The number of ether oxygens (including phenoxy) is 1. The third kappa shape index (κ3) is 35.3. The highest BCUT2D eigenvalue weighted by Crippen LogP contribution is 2.23. The van der Waals surface area contributed by atoms with E-state index >= 15 is 0 Å². The van der Waals surface area contributed by atoms with Gasteiger partial charge in [-0.1, -0.05) is 258 Å². The van der Waals surface area contributed by atoms with Crippen molar-refractivity contribution in [2.45, 2.75) is 278 Å². The number of amides is 2. The van der Waals surface area contributed by atoms with Crippen LogP contribution in [0.4, 0.5) is 0 Å². The molecule has 0 aromatic heterocycles. The van der Waals surface area contributed by atoms with Gasteiger partial charge in [-0.15, -0.1) is 0 Å². The Kier molecular flexibility index (Phi) is 41.0. The molecule has 0 atom stereocenters. The van der Waals surface area contributed by atoms with Crippen molar-refractivity contribution >= 4 is 11.8 Å². The lowest BCUT2D eigenvalue weighted by molar-refractivity contribution is 0.0937. The number of benzene rings is 1. The zero-order chi connectivity index (χ0) is 42.5. The molecule has 0 saturated carbocycles. The first-order valence-electron chi connectivity index (χ1n) is 26.5. The Hall–Kier alpha value is -2.04. The Bertz CT molecular complexity index is 1060. The predicted molar refractivity (Wildman–Crippen MR) is 258 cm³/mol. The maximum absolute atomic E-state index is 13.3. The van der Waals surface area contributed by atoms with Crippen molar-refractivity contribution in [1.29, 1.82) is 0 Å². The normalized spacial score (nSPS) is 11.3. The van der Waals surface area contributed by atoms with Crippen molar-refractivity contribution in [2.24, 2.45) is 0 Å². The molecule has 2 N–H and O–H groups in total. The second kappa shape index (κ2) is 44.0. The van der Waals surface area contributed by atoms with E-state index in [-0.39, 0.29) is 11.8 Å². The largest absolute Gasteiger partial charge is 0.493 e. The summed E-state index contributed by atoms with van der Waals surface area (Å²) < 4.78 is 6.25. The lowest BCUT2D eigenvalue weighted by Crippen LogP contribution is -2.26. The smallest absolute Gasteiger partial charge is 0.255 e. The van der Waals surface area contributed by atoms with Gasteiger partial charge < -0.3 is 15.4 Å². The maximum atomic E-state index is 13.3. The molecule has 1 aromatic carbocycles. The Morgan fingerprint density at radius 1 is 0.373 bits per heavy atom. The molecule has 0 radical (unpaired) electrons. The lowest BCUT2D eigenvalue weighted by Gasteiger charge is -2.14. The summed E-state index contributed by atoms with van der Waals surface area (Å²) >= 11 is 0. The highest BCUT2D eigenvalue weighted by molar-refractivity contribution is 6.00. The van der Waals surface area contributed by atoms with Crippen molar-refractivity contribution in [3.05, 3.63) is 29.3 Å². The van der Waals surface area contributed by atoms with Crippen LogP contribution in [0.25, 0.3) is 0 Å². The molecule has 0 unspecified atom stereocenters. The SMILES string of the molecule is CCCCCCCCCCCCCCCCCNC(=O)c1ccc(C(=O)NCCCCCCCCCCCCCCCCC)c(OCCCCCCCCCCCC)c1. The number of rotatable bonds is 46. The van der Waals surface area contributed by atoms with E-state index in [0.717, 1.165) is 38.5 Å². The Morgan fingerprint density at radius 3 is 1.00 bits per heavy atom. The summed E-state index contributed by atoms with van der Waals surface area (Å²) in [7, 11) is 0. The van der Waals surface area contributed by atoms with Crippen LogP contribution in [0.5, 0.6) is 5.75 Å². The fourth-order valence-corrected chi connectivity index (χ4v) is 8.34. The fraction of sp³-hybridized carbons (Fsp3) is 0.852. The van der Waals surface area contributed by atoms with Gasteiger partial charge in [0.25, 0.3) is 11.8 Å². The highest BCUT2D eigenvalue weighted by Gasteiger charge is 2.16. The quantitative estimate of drug-likeness (QED) is 0.0644. The van der Waals surface area contributed by atoms with Crippen LogP contribution >= 0.6 is 0 Å². The van der Waals surface area contributed by atoms with Crippen LogP contribution in [-0.2, 0) is 0 Å². The first-order valence-corrected chi connectivity index (χ1v) is 26.5. The molecule has 0 fully saturated rings. The van der Waals surface area contributed by atoms with Gasteiger partial charge >= 0.3 is 0 Å². The standard InChI is InChI=1S/C54H100N2O3/c1-4-7-10-13-16-19-22-24-26-28-30-32-35-38-41-46-55-53(57)50-44-45-51(52(49-50)59-48-43-40-37-34-21-18-15-12-9-6-3)54(58)56-47-42-39-36-33-31-29-27-25-23-20-17-14-11-8-5-2/h44-45,49H,4-43,46-48H2,1-3H3,(H,55,57)(H,56,58). The molecule has 0 heterocycles. The van der Waals surface area contributed by atoms with Gasteiger partial charge in [-0.2, -0.15) is 0 Å². The average Bonchev–Trinajstić information content (AvgIpc) is 3.25. The molecule has 2 amide bonds. The average molecular weight is 825 g/mol. The van der Waals surface area contributed by atoms with Gasteiger partial charge in [0.2, 0.25) is 0 Å². The second-order valence-electron chi connectivity index (χ2n) is 18.2. The van der Waals surface area contributed by atoms with Gasteiger partial charge in [0.1, 0.15) is 5.75 Å². The zero-order valence-corrected chi connectivity index (χ0v) is 39.9. The monoisotopic (exact) mass is 825 g/mol. The minimum Gasteiger partial charge on any atom is -0.493 e. The highest BCUT2D eigenvalue weighted by atomic mass is 16.5. The number of unbranched alkanes of at least 4 members (excludes halogenated alkanes) is 37. The number of nitrogens with one attached hydrogen (secondary N) is 2. The van der Waals surface area contributed by atoms with E-state index in [1.807, 2.05) is 0 Å². The maximum Gasteiger partial charge on any atom is 0.255 e. The third-order valence-electron chi connectivity index (χ3n) is 12.4. The van der Waals surface area contributed by atoms with Crippen LogP contribution in [0.3, 0.4) is 0 Å². The molecule has 1 aromatic rings. The van der Waals surface area contributed by atoms with Crippen molar-refractivity contribution in [3.63, 3.8) is 0 Å². The molecule has 0 aliphatic carbocycles. The summed E-state index contributed by atoms with van der Waals surface area (Å²) in [6.07, 6.45) is 52.7. The fourth-order valence-electron chi connectivity index (χ4n) is 8.34. The van der Waals surface area contributed by atoms with Crippen LogP contribution in [-0.4, -0.2) is 31.5 Å². The molecule has 0 aliphatic heterocycles. The molecule has 0 bridgehead atoms. The van der Waals surface area contributed by atoms with E-state index in [2.05, 4.69) is 31.4 Å². The first kappa shape index (κ1) is 55.0. The van der Waals surface area contributed by atoms with Gasteiger partial charge in [-0.05, 0) is 37.5 Å².